The second-order valence-corrected chi connectivity index (χ2v) is 7.95. The molecule has 1 heterocycles. The van der Waals surface area contributed by atoms with Crippen molar-refractivity contribution < 1.29 is 0 Å². The first-order valence-corrected chi connectivity index (χ1v) is 10.7. The Kier molecular flexibility index (Phi) is 8.87. The van der Waals surface area contributed by atoms with Gasteiger partial charge in [0, 0.05) is 34.1 Å². The minimum atomic E-state index is 0.735. The predicted octanol–water partition coefficient (Wildman–Crippen LogP) is 7.25. The topological polar surface area (TPSA) is 27.0 Å². The molecular formula is C24H30N2S. The van der Waals surface area contributed by atoms with Gasteiger partial charge in [-0.2, -0.15) is 5.26 Å². The lowest BCUT2D eigenvalue weighted by molar-refractivity contribution is 0.678. The molecule has 0 spiro atoms. The summed E-state index contributed by atoms with van der Waals surface area (Å²) >= 11 is 1.70. The van der Waals surface area contributed by atoms with E-state index in [1.54, 1.807) is 11.3 Å². The van der Waals surface area contributed by atoms with E-state index in [2.05, 4.69) is 73.4 Å². The van der Waals surface area contributed by atoms with Crippen LogP contribution >= 0.6 is 11.3 Å². The van der Waals surface area contributed by atoms with Crippen LogP contribution in [0.1, 0.15) is 61.8 Å². The van der Waals surface area contributed by atoms with Gasteiger partial charge in [-0.1, -0.05) is 44.9 Å². The summed E-state index contributed by atoms with van der Waals surface area (Å²) in [5.41, 5.74) is 3.27. The Balaban J connectivity index is 2.03. The maximum atomic E-state index is 8.88. The van der Waals surface area contributed by atoms with Crippen molar-refractivity contribution in [2.45, 2.75) is 46.5 Å². The summed E-state index contributed by atoms with van der Waals surface area (Å²) in [7, 11) is 0. The van der Waals surface area contributed by atoms with E-state index in [0.717, 1.165) is 23.5 Å². The minimum Gasteiger partial charge on any atom is -0.372 e. The first-order chi connectivity index (χ1) is 13.2. The van der Waals surface area contributed by atoms with E-state index < -0.39 is 0 Å². The van der Waals surface area contributed by atoms with Gasteiger partial charge in [0.2, 0.25) is 0 Å². The first kappa shape index (κ1) is 21.0. The van der Waals surface area contributed by atoms with E-state index in [-0.39, 0.29) is 0 Å². The SMILES string of the molecule is CCCCN(CCCC)c1ccc(/C=C/c2ccc(/C=C(/C)C#N)s2)cc1. The van der Waals surface area contributed by atoms with Gasteiger partial charge in [-0.05, 0) is 61.7 Å². The summed E-state index contributed by atoms with van der Waals surface area (Å²) in [5, 5.41) is 8.88. The molecule has 0 radical (unpaired) electrons. The van der Waals surface area contributed by atoms with Gasteiger partial charge in [-0.15, -0.1) is 11.3 Å². The van der Waals surface area contributed by atoms with Gasteiger partial charge in [0.1, 0.15) is 0 Å². The molecule has 0 aliphatic heterocycles. The molecule has 0 fully saturated rings. The molecule has 0 aliphatic rings. The lowest BCUT2D eigenvalue weighted by Gasteiger charge is -2.24. The van der Waals surface area contributed by atoms with Crippen molar-refractivity contribution in [3.63, 3.8) is 0 Å². The number of allylic oxidation sites excluding steroid dienone is 1. The van der Waals surface area contributed by atoms with Crippen LogP contribution in [0, 0.1) is 11.3 Å². The molecule has 1 aromatic heterocycles. The molecule has 0 saturated carbocycles. The van der Waals surface area contributed by atoms with Crippen LogP contribution in [0.2, 0.25) is 0 Å². The maximum Gasteiger partial charge on any atom is 0.0944 e. The second-order valence-electron chi connectivity index (χ2n) is 6.80. The number of hydrogen-bond donors (Lipinski definition) is 0. The van der Waals surface area contributed by atoms with E-state index in [1.165, 1.54) is 41.8 Å². The van der Waals surface area contributed by atoms with Crippen LogP contribution in [0.15, 0.2) is 42.0 Å². The summed E-state index contributed by atoms with van der Waals surface area (Å²) in [6.07, 6.45) is 11.2. The molecule has 3 heteroatoms. The highest BCUT2D eigenvalue weighted by atomic mass is 32.1. The van der Waals surface area contributed by atoms with Crippen molar-refractivity contribution >= 4 is 35.3 Å². The summed E-state index contributed by atoms with van der Waals surface area (Å²) < 4.78 is 0. The Labute approximate surface area is 168 Å². The normalized spacial score (nSPS) is 11.7. The Hall–Kier alpha value is -2.31. The summed E-state index contributed by atoms with van der Waals surface area (Å²) in [5.74, 6) is 0. The fourth-order valence-corrected chi connectivity index (χ4v) is 3.74. The zero-order chi connectivity index (χ0) is 19.5. The number of rotatable bonds is 10. The van der Waals surface area contributed by atoms with Crippen molar-refractivity contribution in [1.29, 1.82) is 5.26 Å². The number of thiophene rings is 1. The minimum absolute atomic E-state index is 0.735. The summed E-state index contributed by atoms with van der Waals surface area (Å²) in [6, 6.07) is 15.2. The molecule has 2 aromatic rings. The molecule has 0 N–H and O–H groups in total. The molecular weight excluding hydrogens is 348 g/mol. The van der Waals surface area contributed by atoms with Crippen molar-refractivity contribution in [2.75, 3.05) is 18.0 Å². The van der Waals surface area contributed by atoms with Crippen molar-refractivity contribution in [3.05, 3.63) is 57.3 Å². The third-order valence-corrected chi connectivity index (χ3v) is 5.44. The van der Waals surface area contributed by atoms with Gasteiger partial charge in [0.05, 0.1) is 6.07 Å². The predicted molar refractivity (Wildman–Crippen MR) is 121 cm³/mol. The van der Waals surface area contributed by atoms with Crippen LogP contribution in [0.3, 0.4) is 0 Å². The van der Waals surface area contributed by atoms with Crippen LogP contribution in [0.4, 0.5) is 5.69 Å². The molecule has 142 valence electrons. The molecule has 2 nitrogen and oxygen atoms in total. The quantitative estimate of drug-likeness (QED) is 0.407. The van der Waals surface area contributed by atoms with Crippen LogP contribution in [-0.2, 0) is 0 Å². The molecule has 0 saturated heterocycles. The standard InChI is InChI=1S/C24H30N2S/c1-4-6-16-26(17-7-5-2)22-11-8-21(9-12-22)10-13-23-14-15-24(27-23)18-20(3)19-25/h8-15,18H,4-7,16-17H2,1-3H3/b13-10+,20-18-. The van der Waals surface area contributed by atoms with Gasteiger partial charge in [-0.3, -0.25) is 0 Å². The van der Waals surface area contributed by atoms with Crippen LogP contribution in [-0.4, -0.2) is 13.1 Å². The number of benzene rings is 1. The third kappa shape index (κ3) is 7.07. The van der Waals surface area contributed by atoms with Crippen molar-refractivity contribution in [3.8, 4) is 6.07 Å². The van der Waals surface area contributed by atoms with Crippen LogP contribution in [0.25, 0.3) is 18.2 Å². The van der Waals surface area contributed by atoms with E-state index in [1.807, 2.05) is 13.0 Å². The molecule has 0 aliphatic carbocycles. The van der Waals surface area contributed by atoms with Gasteiger partial charge in [0.15, 0.2) is 0 Å². The molecule has 0 amide bonds. The smallest absolute Gasteiger partial charge is 0.0944 e. The van der Waals surface area contributed by atoms with E-state index in [4.69, 9.17) is 5.26 Å². The largest absolute Gasteiger partial charge is 0.372 e. The van der Waals surface area contributed by atoms with Crippen molar-refractivity contribution in [1.82, 2.24) is 0 Å². The van der Waals surface area contributed by atoms with Crippen LogP contribution < -0.4 is 4.90 Å². The fraction of sp³-hybridized carbons (Fsp3) is 0.375. The van der Waals surface area contributed by atoms with Gasteiger partial charge in [-0.25, -0.2) is 0 Å². The lowest BCUT2D eigenvalue weighted by Crippen LogP contribution is -2.25. The van der Waals surface area contributed by atoms with Crippen molar-refractivity contribution in [2.24, 2.45) is 0 Å². The number of nitriles is 1. The number of unbranched alkanes of at least 4 members (excludes halogenated alkanes) is 2. The van der Waals surface area contributed by atoms with Gasteiger partial charge >= 0.3 is 0 Å². The molecule has 2 rings (SSSR count). The molecule has 0 unspecified atom stereocenters. The zero-order valence-electron chi connectivity index (χ0n) is 16.7. The molecule has 0 atom stereocenters. The van der Waals surface area contributed by atoms with E-state index in [9.17, 15) is 0 Å². The van der Waals surface area contributed by atoms with Crippen LogP contribution in [0.5, 0.6) is 0 Å². The summed E-state index contributed by atoms with van der Waals surface area (Å²) in [4.78, 5) is 4.82. The molecule has 27 heavy (non-hydrogen) atoms. The third-order valence-electron chi connectivity index (χ3n) is 4.44. The fourth-order valence-electron chi connectivity index (χ4n) is 2.82. The van der Waals surface area contributed by atoms with Gasteiger partial charge < -0.3 is 4.90 Å². The van der Waals surface area contributed by atoms with E-state index in [0.29, 0.717) is 0 Å². The molecule has 0 bridgehead atoms. The highest BCUT2D eigenvalue weighted by Gasteiger charge is 2.05. The van der Waals surface area contributed by atoms with Gasteiger partial charge in [0.25, 0.3) is 0 Å². The highest BCUT2D eigenvalue weighted by molar-refractivity contribution is 7.13. The average Bonchev–Trinajstić information content (AvgIpc) is 3.14. The first-order valence-electron chi connectivity index (χ1n) is 9.87. The maximum absolute atomic E-state index is 8.88. The highest BCUT2D eigenvalue weighted by Crippen LogP contribution is 2.22. The average molecular weight is 379 g/mol. The monoisotopic (exact) mass is 378 g/mol. The lowest BCUT2D eigenvalue weighted by atomic mass is 10.1. The van der Waals surface area contributed by atoms with E-state index >= 15 is 0 Å². The Morgan fingerprint density at radius 2 is 1.59 bits per heavy atom. The number of hydrogen-bond acceptors (Lipinski definition) is 3. The number of nitrogens with zero attached hydrogens (tertiary/aromatic N) is 2. The Morgan fingerprint density at radius 1 is 0.963 bits per heavy atom. The number of anilines is 1. The molecule has 1 aromatic carbocycles. The Morgan fingerprint density at radius 3 is 2.19 bits per heavy atom. The second kappa shape index (κ2) is 11.4. The zero-order valence-corrected chi connectivity index (χ0v) is 17.6. The summed E-state index contributed by atoms with van der Waals surface area (Å²) in [6.45, 7) is 8.61. The Bertz CT molecular complexity index is 783.